The first kappa shape index (κ1) is 22.2. The smallest absolute Gasteiger partial charge is 0.334 e. The van der Waals surface area contributed by atoms with Gasteiger partial charge in [0.25, 0.3) is 0 Å². The topological polar surface area (TPSA) is 127 Å². The number of ether oxygens (including phenoxy) is 2. The molecule has 0 radical (unpaired) electrons. The van der Waals surface area contributed by atoms with Gasteiger partial charge in [-0.3, -0.25) is 14.4 Å². The van der Waals surface area contributed by atoms with Crippen LogP contribution in [-0.2, 0) is 28.7 Å². The number of fused-ring (bicyclic) bond motifs is 3. The van der Waals surface area contributed by atoms with Crippen molar-refractivity contribution >= 4 is 23.7 Å². The lowest BCUT2D eigenvalue weighted by Gasteiger charge is -2.50. The molecule has 0 amide bonds. The van der Waals surface area contributed by atoms with Gasteiger partial charge in [0.2, 0.25) is 0 Å². The molecular weight excluding hydrogens is 392 g/mol. The molecular formula is C22H28O8. The summed E-state index contributed by atoms with van der Waals surface area (Å²) in [4.78, 5) is 49.0. The molecule has 8 heteroatoms. The van der Waals surface area contributed by atoms with Gasteiger partial charge in [-0.25, -0.2) is 4.79 Å². The van der Waals surface area contributed by atoms with Crippen LogP contribution >= 0.6 is 0 Å². The highest BCUT2D eigenvalue weighted by atomic mass is 16.6. The van der Waals surface area contributed by atoms with Gasteiger partial charge >= 0.3 is 17.9 Å². The Morgan fingerprint density at radius 3 is 2.57 bits per heavy atom. The van der Waals surface area contributed by atoms with Crippen LogP contribution in [0.3, 0.4) is 0 Å². The lowest BCUT2D eigenvalue weighted by atomic mass is 9.57. The van der Waals surface area contributed by atoms with Crippen molar-refractivity contribution < 1.29 is 38.9 Å². The number of hydrogen-bond donors (Lipinski definition) is 2. The summed E-state index contributed by atoms with van der Waals surface area (Å²) in [7, 11) is 0. The van der Waals surface area contributed by atoms with Crippen LogP contribution in [0.2, 0.25) is 0 Å². The molecule has 1 unspecified atom stereocenters. The number of carbonyl (C=O) groups excluding carboxylic acids is 3. The number of rotatable bonds is 5. The largest absolute Gasteiger partial charge is 0.481 e. The number of carbonyl (C=O) groups is 4. The molecule has 1 aliphatic heterocycles. The predicted molar refractivity (Wildman–Crippen MR) is 104 cm³/mol. The third-order valence-electron chi connectivity index (χ3n) is 7.35. The summed E-state index contributed by atoms with van der Waals surface area (Å²) in [6, 6.07) is 0. The third-order valence-corrected chi connectivity index (χ3v) is 7.35. The minimum absolute atomic E-state index is 0.0616. The normalized spacial score (nSPS) is 41.0. The zero-order valence-electron chi connectivity index (χ0n) is 17.6. The zero-order chi connectivity index (χ0) is 22.6. The summed E-state index contributed by atoms with van der Waals surface area (Å²) in [5, 5.41) is 21.5. The Hall–Kier alpha value is -2.48. The standard InChI is InChI=1S/C22H28O8/c1-10(19(25)26)8-9-22(28)16-12(3)20(27)30-17(18(16)29-13(4)23)11(2)14-6-7-15(24)21(14,22)5/h6-7,10-11,14,16-18,28H,3,8-9H2,1-2,4-5H3,(H,25,26)/t10?,11-,14-,16+,17+,18-,21-,22-/m0/s1. The van der Waals surface area contributed by atoms with Crippen LogP contribution in [0.1, 0.15) is 40.5 Å². The summed E-state index contributed by atoms with van der Waals surface area (Å²) in [5.74, 6) is -5.51. The van der Waals surface area contributed by atoms with E-state index in [2.05, 4.69) is 6.58 Å². The van der Waals surface area contributed by atoms with Crippen LogP contribution in [0.5, 0.6) is 0 Å². The van der Waals surface area contributed by atoms with E-state index in [1.54, 1.807) is 19.9 Å². The van der Waals surface area contributed by atoms with Crippen molar-refractivity contribution in [2.75, 3.05) is 0 Å². The number of ketones is 1. The lowest BCUT2D eigenvalue weighted by Crippen LogP contribution is -2.62. The highest BCUT2D eigenvalue weighted by Gasteiger charge is 2.70. The molecule has 1 saturated carbocycles. The molecule has 8 nitrogen and oxygen atoms in total. The van der Waals surface area contributed by atoms with Gasteiger partial charge in [-0.15, -0.1) is 0 Å². The summed E-state index contributed by atoms with van der Waals surface area (Å²) in [6.07, 6.45) is 1.18. The summed E-state index contributed by atoms with van der Waals surface area (Å²) in [5.41, 5.74) is -3.32. The fraction of sp³-hybridized carbons (Fsp3) is 0.636. The Labute approximate surface area is 174 Å². The lowest BCUT2D eigenvalue weighted by molar-refractivity contribution is -0.197. The number of carboxylic acid groups (broad SMARTS) is 1. The molecule has 0 aromatic heterocycles. The highest BCUT2D eigenvalue weighted by molar-refractivity contribution is 5.99. The number of hydrogen-bond acceptors (Lipinski definition) is 7. The highest BCUT2D eigenvalue weighted by Crippen LogP contribution is 2.60. The Kier molecular flexibility index (Phi) is 5.43. The Morgan fingerprint density at radius 2 is 2.00 bits per heavy atom. The maximum atomic E-state index is 13.1. The molecule has 8 atom stereocenters. The molecule has 30 heavy (non-hydrogen) atoms. The predicted octanol–water partition coefficient (Wildman–Crippen LogP) is 1.66. The van der Waals surface area contributed by atoms with Crippen LogP contribution < -0.4 is 0 Å². The molecule has 3 rings (SSSR count). The molecule has 1 heterocycles. The van der Waals surface area contributed by atoms with Crippen molar-refractivity contribution in [1.82, 2.24) is 0 Å². The first-order valence-electron chi connectivity index (χ1n) is 10.1. The Bertz CT molecular complexity index is 844. The fourth-order valence-corrected chi connectivity index (χ4v) is 5.50. The monoisotopic (exact) mass is 420 g/mol. The van der Waals surface area contributed by atoms with Crippen molar-refractivity contribution in [3.8, 4) is 0 Å². The van der Waals surface area contributed by atoms with Crippen LogP contribution in [0, 0.1) is 29.1 Å². The van der Waals surface area contributed by atoms with E-state index in [1.807, 2.05) is 0 Å². The van der Waals surface area contributed by atoms with Gasteiger partial charge in [0, 0.05) is 18.4 Å². The molecule has 1 saturated heterocycles. The SMILES string of the molecule is C=C1C(=O)O[C@@H]2[C@@H](C)[C@@H]3C=CC(=O)[C@@]3(C)[C@](O)(CCC(C)C(=O)O)[C@H]1[C@@H]2OC(C)=O. The first-order valence-corrected chi connectivity index (χ1v) is 10.1. The zero-order valence-corrected chi connectivity index (χ0v) is 17.6. The Morgan fingerprint density at radius 1 is 1.37 bits per heavy atom. The van der Waals surface area contributed by atoms with E-state index in [9.17, 15) is 29.4 Å². The maximum absolute atomic E-state index is 13.1. The third kappa shape index (κ3) is 3.00. The quantitative estimate of drug-likeness (QED) is 0.508. The minimum atomic E-state index is -1.87. The average Bonchev–Trinajstić information content (AvgIpc) is 2.95. The second-order valence-electron chi connectivity index (χ2n) is 8.96. The van der Waals surface area contributed by atoms with E-state index in [0.29, 0.717) is 0 Å². The van der Waals surface area contributed by atoms with E-state index in [-0.39, 0.29) is 24.2 Å². The molecule has 2 N–H and O–H groups in total. The molecule has 0 aromatic rings. The van der Waals surface area contributed by atoms with Crippen molar-refractivity contribution in [1.29, 1.82) is 0 Å². The molecule has 2 aliphatic carbocycles. The summed E-state index contributed by atoms with van der Waals surface area (Å²) in [6.45, 7) is 9.94. The average molecular weight is 420 g/mol. The molecule has 2 bridgehead atoms. The van der Waals surface area contributed by atoms with Crippen molar-refractivity contribution in [2.45, 2.75) is 58.3 Å². The maximum Gasteiger partial charge on any atom is 0.334 e. The van der Waals surface area contributed by atoms with Crippen molar-refractivity contribution in [3.05, 3.63) is 24.3 Å². The van der Waals surface area contributed by atoms with Crippen LogP contribution in [0.15, 0.2) is 24.3 Å². The van der Waals surface area contributed by atoms with Gasteiger partial charge in [-0.05, 0) is 31.8 Å². The summed E-state index contributed by atoms with van der Waals surface area (Å²) < 4.78 is 11.1. The van der Waals surface area contributed by atoms with Crippen molar-refractivity contribution in [3.63, 3.8) is 0 Å². The van der Waals surface area contributed by atoms with Gasteiger partial charge in [-0.1, -0.05) is 26.5 Å². The number of esters is 2. The van der Waals surface area contributed by atoms with Crippen LogP contribution in [-0.4, -0.2) is 51.7 Å². The number of allylic oxidation sites excluding steroid dienone is 2. The molecule has 164 valence electrons. The molecule has 3 aliphatic rings. The minimum Gasteiger partial charge on any atom is -0.481 e. The van der Waals surface area contributed by atoms with Crippen LogP contribution in [0.4, 0.5) is 0 Å². The van der Waals surface area contributed by atoms with Crippen LogP contribution in [0.25, 0.3) is 0 Å². The summed E-state index contributed by atoms with van der Waals surface area (Å²) >= 11 is 0. The van der Waals surface area contributed by atoms with Crippen molar-refractivity contribution in [2.24, 2.45) is 29.1 Å². The van der Waals surface area contributed by atoms with Gasteiger partial charge in [0.15, 0.2) is 5.78 Å². The van der Waals surface area contributed by atoms with E-state index in [4.69, 9.17) is 9.47 Å². The second-order valence-corrected chi connectivity index (χ2v) is 8.96. The van der Waals surface area contributed by atoms with E-state index >= 15 is 0 Å². The fourth-order valence-electron chi connectivity index (χ4n) is 5.50. The van der Waals surface area contributed by atoms with E-state index < -0.39 is 64.8 Å². The number of carboxylic acids is 1. The Balaban J connectivity index is 2.21. The van der Waals surface area contributed by atoms with Gasteiger partial charge in [0.1, 0.15) is 12.2 Å². The number of aliphatic carboxylic acids is 1. The molecule has 2 fully saturated rings. The van der Waals surface area contributed by atoms with Gasteiger partial charge < -0.3 is 19.7 Å². The molecule has 0 aromatic carbocycles. The first-order chi connectivity index (χ1) is 13.9. The van der Waals surface area contributed by atoms with E-state index in [1.165, 1.54) is 19.9 Å². The van der Waals surface area contributed by atoms with Gasteiger partial charge in [0.05, 0.1) is 22.9 Å². The number of aliphatic hydroxyl groups is 1. The van der Waals surface area contributed by atoms with Gasteiger partial charge in [-0.2, -0.15) is 0 Å². The second kappa shape index (κ2) is 7.34. The molecule has 0 spiro atoms. The van der Waals surface area contributed by atoms with E-state index in [0.717, 1.165) is 0 Å².